The van der Waals surface area contributed by atoms with Crippen LogP contribution in [0.4, 0.5) is 4.39 Å². The Kier molecular flexibility index (Phi) is 5.63. The summed E-state index contributed by atoms with van der Waals surface area (Å²) in [5.41, 5.74) is 0.264. The van der Waals surface area contributed by atoms with Gasteiger partial charge in [0.25, 0.3) is 0 Å². The van der Waals surface area contributed by atoms with Gasteiger partial charge in [-0.2, -0.15) is 0 Å². The zero-order valence-corrected chi connectivity index (χ0v) is 10.2. The van der Waals surface area contributed by atoms with Crippen molar-refractivity contribution in [3.8, 4) is 5.75 Å². The number of hydrogen-bond acceptors (Lipinski definition) is 3. The van der Waals surface area contributed by atoms with Crippen molar-refractivity contribution < 1.29 is 18.7 Å². The lowest BCUT2D eigenvalue weighted by molar-refractivity contribution is 0.0951. The third kappa shape index (κ3) is 4.15. The first-order valence-corrected chi connectivity index (χ1v) is 5.66. The molecule has 94 valence electrons. The van der Waals surface area contributed by atoms with Crippen molar-refractivity contribution in [2.45, 2.75) is 20.3 Å². The molecule has 4 heteroatoms. The minimum Gasteiger partial charge on any atom is -0.487 e. The largest absolute Gasteiger partial charge is 0.487 e. The molecule has 17 heavy (non-hydrogen) atoms. The van der Waals surface area contributed by atoms with E-state index in [4.69, 9.17) is 9.47 Å². The molecule has 0 unspecified atom stereocenters. The number of ether oxygens (including phenoxy) is 2. The molecule has 0 saturated heterocycles. The van der Waals surface area contributed by atoms with E-state index >= 15 is 0 Å². The number of para-hydroxylation sites is 1. The SMILES string of the molecule is CCCOCCOc1c(F)cccc1C(C)=O. The van der Waals surface area contributed by atoms with Crippen molar-refractivity contribution in [3.05, 3.63) is 29.6 Å². The van der Waals surface area contributed by atoms with Crippen LogP contribution >= 0.6 is 0 Å². The quantitative estimate of drug-likeness (QED) is 0.543. The summed E-state index contributed by atoms with van der Waals surface area (Å²) in [6, 6.07) is 4.31. The Balaban J connectivity index is 2.60. The van der Waals surface area contributed by atoms with Gasteiger partial charge in [-0.05, 0) is 25.5 Å². The number of Topliss-reactive ketones (excluding diaryl/α,β-unsaturated/α-hetero) is 1. The summed E-state index contributed by atoms with van der Waals surface area (Å²) < 4.78 is 23.9. The van der Waals surface area contributed by atoms with Gasteiger partial charge in [-0.3, -0.25) is 4.79 Å². The van der Waals surface area contributed by atoms with Crippen molar-refractivity contribution in [2.24, 2.45) is 0 Å². The van der Waals surface area contributed by atoms with Crippen molar-refractivity contribution in [3.63, 3.8) is 0 Å². The maximum Gasteiger partial charge on any atom is 0.165 e. The molecule has 0 N–H and O–H groups in total. The fourth-order valence-corrected chi connectivity index (χ4v) is 1.38. The third-order valence-corrected chi connectivity index (χ3v) is 2.17. The maximum absolute atomic E-state index is 13.5. The summed E-state index contributed by atoms with van der Waals surface area (Å²) >= 11 is 0. The van der Waals surface area contributed by atoms with Gasteiger partial charge in [-0.1, -0.05) is 13.0 Å². The average Bonchev–Trinajstić information content (AvgIpc) is 2.30. The van der Waals surface area contributed by atoms with Crippen LogP contribution in [0.25, 0.3) is 0 Å². The van der Waals surface area contributed by atoms with Crippen LogP contribution < -0.4 is 4.74 Å². The Hall–Kier alpha value is -1.42. The molecule has 0 radical (unpaired) electrons. The molecule has 0 aliphatic carbocycles. The molecule has 3 nitrogen and oxygen atoms in total. The van der Waals surface area contributed by atoms with E-state index < -0.39 is 5.82 Å². The highest BCUT2D eigenvalue weighted by Gasteiger charge is 2.12. The van der Waals surface area contributed by atoms with Gasteiger partial charge in [-0.15, -0.1) is 0 Å². The summed E-state index contributed by atoms with van der Waals surface area (Å²) in [6.07, 6.45) is 0.929. The molecule has 0 amide bonds. The highest BCUT2D eigenvalue weighted by Crippen LogP contribution is 2.22. The Morgan fingerprint density at radius 3 is 2.71 bits per heavy atom. The second kappa shape index (κ2) is 7.01. The van der Waals surface area contributed by atoms with E-state index in [1.807, 2.05) is 6.92 Å². The molecular formula is C13H17FO3. The average molecular weight is 240 g/mol. The highest BCUT2D eigenvalue weighted by atomic mass is 19.1. The summed E-state index contributed by atoms with van der Waals surface area (Å²) in [6.45, 7) is 4.67. The molecule has 0 heterocycles. The van der Waals surface area contributed by atoms with Crippen molar-refractivity contribution in [1.82, 2.24) is 0 Å². The van der Waals surface area contributed by atoms with E-state index in [9.17, 15) is 9.18 Å². The van der Waals surface area contributed by atoms with Gasteiger partial charge >= 0.3 is 0 Å². The Morgan fingerprint density at radius 1 is 1.29 bits per heavy atom. The van der Waals surface area contributed by atoms with Crippen LogP contribution in [0, 0.1) is 5.82 Å². The van der Waals surface area contributed by atoms with E-state index in [0.29, 0.717) is 13.2 Å². The second-order valence-corrected chi connectivity index (χ2v) is 3.63. The molecule has 1 aromatic rings. The van der Waals surface area contributed by atoms with E-state index in [2.05, 4.69) is 0 Å². The normalized spacial score (nSPS) is 10.3. The van der Waals surface area contributed by atoms with Gasteiger partial charge in [-0.25, -0.2) is 4.39 Å². The minimum absolute atomic E-state index is 0.0140. The molecule has 0 aliphatic rings. The number of rotatable bonds is 7. The van der Waals surface area contributed by atoms with Gasteiger partial charge in [0, 0.05) is 6.61 Å². The molecule has 0 spiro atoms. The standard InChI is InChI=1S/C13H17FO3/c1-3-7-16-8-9-17-13-11(10(2)15)5-4-6-12(13)14/h4-6H,3,7-9H2,1-2H3. The first kappa shape index (κ1) is 13.6. The number of halogens is 1. The fourth-order valence-electron chi connectivity index (χ4n) is 1.38. The summed E-state index contributed by atoms with van der Waals surface area (Å²) in [5, 5.41) is 0. The van der Waals surface area contributed by atoms with Gasteiger partial charge in [0.05, 0.1) is 12.2 Å². The lowest BCUT2D eigenvalue weighted by Crippen LogP contribution is -2.10. The molecule has 0 fully saturated rings. The van der Waals surface area contributed by atoms with Gasteiger partial charge < -0.3 is 9.47 Å². The number of carbonyl (C=O) groups excluding carboxylic acids is 1. The van der Waals surface area contributed by atoms with Crippen LogP contribution in [-0.4, -0.2) is 25.6 Å². The molecule has 0 saturated carbocycles. The molecule has 1 rings (SSSR count). The minimum atomic E-state index is -0.520. The highest BCUT2D eigenvalue weighted by molar-refractivity contribution is 5.96. The number of carbonyl (C=O) groups is 1. The van der Waals surface area contributed by atoms with Crippen molar-refractivity contribution in [1.29, 1.82) is 0 Å². The van der Waals surface area contributed by atoms with Crippen LogP contribution in [0.1, 0.15) is 30.6 Å². The predicted molar refractivity (Wildman–Crippen MR) is 63.0 cm³/mol. The van der Waals surface area contributed by atoms with E-state index in [1.165, 1.54) is 19.1 Å². The Labute approximate surface area is 101 Å². The van der Waals surface area contributed by atoms with E-state index in [1.54, 1.807) is 6.07 Å². The van der Waals surface area contributed by atoms with Crippen LogP contribution in [-0.2, 0) is 4.74 Å². The Morgan fingerprint density at radius 2 is 2.06 bits per heavy atom. The monoisotopic (exact) mass is 240 g/mol. The second-order valence-electron chi connectivity index (χ2n) is 3.63. The summed E-state index contributed by atoms with van der Waals surface area (Å²) in [7, 11) is 0. The lowest BCUT2D eigenvalue weighted by Gasteiger charge is -2.10. The lowest BCUT2D eigenvalue weighted by atomic mass is 10.1. The summed E-state index contributed by atoms with van der Waals surface area (Å²) in [5.74, 6) is -0.720. The maximum atomic E-state index is 13.5. The molecule has 0 aliphatic heterocycles. The number of ketones is 1. The molecule has 0 aromatic heterocycles. The third-order valence-electron chi connectivity index (χ3n) is 2.17. The zero-order chi connectivity index (χ0) is 12.7. The Bertz CT molecular complexity index is 377. The predicted octanol–water partition coefficient (Wildman–Crippen LogP) is 2.83. The summed E-state index contributed by atoms with van der Waals surface area (Å²) in [4.78, 5) is 11.3. The van der Waals surface area contributed by atoms with Crippen molar-refractivity contribution >= 4 is 5.78 Å². The number of benzene rings is 1. The molecular weight excluding hydrogens is 223 g/mol. The molecule has 0 bridgehead atoms. The van der Waals surface area contributed by atoms with Gasteiger partial charge in [0.1, 0.15) is 6.61 Å². The molecule has 0 atom stereocenters. The van der Waals surface area contributed by atoms with Crippen LogP contribution in [0.3, 0.4) is 0 Å². The molecule has 1 aromatic carbocycles. The van der Waals surface area contributed by atoms with Gasteiger partial charge in [0.2, 0.25) is 0 Å². The van der Waals surface area contributed by atoms with Crippen LogP contribution in [0.15, 0.2) is 18.2 Å². The topological polar surface area (TPSA) is 35.5 Å². The van der Waals surface area contributed by atoms with E-state index in [-0.39, 0.29) is 23.7 Å². The van der Waals surface area contributed by atoms with Gasteiger partial charge in [0.15, 0.2) is 17.3 Å². The fraction of sp³-hybridized carbons (Fsp3) is 0.462. The first-order valence-electron chi connectivity index (χ1n) is 5.66. The van der Waals surface area contributed by atoms with Crippen LogP contribution in [0.5, 0.6) is 5.75 Å². The zero-order valence-electron chi connectivity index (χ0n) is 10.2. The first-order chi connectivity index (χ1) is 8.16. The van der Waals surface area contributed by atoms with E-state index in [0.717, 1.165) is 6.42 Å². The smallest absolute Gasteiger partial charge is 0.165 e. The van der Waals surface area contributed by atoms with Crippen molar-refractivity contribution in [2.75, 3.05) is 19.8 Å². The van der Waals surface area contributed by atoms with Crippen LogP contribution in [0.2, 0.25) is 0 Å². The number of hydrogen-bond donors (Lipinski definition) is 0.